The number of para-hydroxylation sites is 1. The van der Waals surface area contributed by atoms with Crippen molar-refractivity contribution in [1.29, 1.82) is 0 Å². The summed E-state index contributed by atoms with van der Waals surface area (Å²) in [6.07, 6.45) is 26.3. The van der Waals surface area contributed by atoms with E-state index in [0.29, 0.717) is 12.2 Å². The molecule has 0 fully saturated rings. The minimum atomic E-state index is -0.129. The second-order valence-electron chi connectivity index (χ2n) is 10.6. The van der Waals surface area contributed by atoms with Crippen molar-refractivity contribution in [1.82, 2.24) is 0 Å². The van der Waals surface area contributed by atoms with Crippen LogP contribution in [0.25, 0.3) is 0 Å². The van der Waals surface area contributed by atoms with Crippen LogP contribution in [0.15, 0.2) is 54.6 Å². The Morgan fingerprint density at radius 1 is 0.541 bits per heavy atom. The first-order valence-electron chi connectivity index (χ1n) is 15.4. The molecule has 0 atom stereocenters. The fraction of sp³-hybridized carbons (Fsp3) is 0.618. The molecule has 206 valence electrons. The van der Waals surface area contributed by atoms with Crippen LogP contribution in [0.3, 0.4) is 0 Å². The number of nitrogens with one attached hydrogen (secondary N) is 1. The molecule has 0 spiro atoms. The maximum atomic E-state index is 12.1. The molecule has 1 N–H and O–H groups in total. The number of rotatable bonds is 23. The minimum Gasteiger partial charge on any atom is -0.427 e. The fourth-order valence-corrected chi connectivity index (χ4v) is 4.82. The third kappa shape index (κ3) is 17.0. The summed E-state index contributed by atoms with van der Waals surface area (Å²) in [5.41, 5.74) is 2.02. The summed E-state index contributed by atoms with van der Waals surface area (Å²) in [7, 11) is 0. The summed E-state index contributed by atoms with van der Waals surface area (Å²) in [5, 5.41) is 3.33. The molecule has 2 rings (SSSR count). The van der Waals surface area contributed by atoms with Crippen molar-refractivity contribution in [2.24, 2.45) is 0 Å². The van der Waals surface area contributed by atoms with Gasteiger partial charge >= 0.3 is 5.97 Å². The summed E-state index contributed by atoms with van der Waals surface area (Å²) in [6.45, 7) is 2.29. The number of esters is 1. The van der Waals surface area contributed by atoms with Gasteiger partial charge in [-0.2, -0.15) is 0 Å². The topological polar surface area (TPSA) is 38.3 Å². The van der Waals surface area contributed by atoms with Gasteiger partial charge in [-0.3, -0.25) is 4.79 Å². The summed E-state index contributed by atoms with van der Waals surface area (Å²) >= 11 is 0. The molecule has 0 radical (unpaired) electrons. The van der Waals surface area contributed by atoms with Gasteiger partial charge in [-0.1, -0.05) is 141 Å². The van der Waals surface area contributed by atoms with Gasteiger partial charge in [-0.15, -0.1) is 0 Å². The molecule has 0 saturated carbocycles. The lowest BCUT2D eigenvalue weighted by Gasteiger charge is -2.08. The highest BCUT2D eigenvalue weighted by Gasteiger charge is 2.05. The number of anilines is 2. The highest BCUT2D eigenvalue weighted by Crippen LogP contribution is 2.21. The van der Waals surface area contributed by atoms with Gasteiger partial charge in [-0.25, -0.2) is 0 Å². The maximum Gasteiger partial charge on any atom is 0.311 e. The zero-order valence-electron chi connectivity index (χ0n) is 23.7. The zero-order valence-corrected chi connectivity index (χ0v) is 23.7. The molecular weight excluding hydrogens is 454 g/mol. The minimum absolute atomic E-state index is 0.129. The Morgan fingerprint density at radius 3 is 1.41 bits per heavy atom. The molecule has 37 heavy (non-hydrogen) atoms. The molecule has 0 aliphatic heterocycles. The first kappa shape index (κ1) is 30.9. The van der Waals surface area contributed by atoms with Crippen molar-refractivity contribution in [2.75, 3.05) is 5.32 Å². The molecule has 0 aliphatic carbocycles. The van der Waals surface area contributed by atoms with Crippen LogP contribution in [0.1, 0.15) is 135 Å². The summed E-state index contributed by atoms with van der Waals surface area (Å²) in [5.74, 6) is 0.483. The van der Waals surface area contributed by atoms with E-state index in [1.165, 1.54) is 109 Å². The largest absolute Gasteiger partial charge is 0.427 e. The summed E-state index contributed by atoms with van der Waals surface area (Å²) < 4.78 is 5.49. The van der Waals surface area contributed by atoms with Crippen LogP contribution in [0.2, 0.25) is 0 Å². The molecule has 0 heterocycles. The molecule has 3 nitrogen and oxygen atoms in total. The lowest BCUT2D eigenvalue weighted by Crippen LogP contribution is -2.07. The van der Waals surface area contributed by atoms with Crippen molar-refractivity contribution in [3.63, 3.8) is 0 Å². The average Bonchev–Trinajstić information content (AvgIpc) is 2.92. The second kappa shape index (κ2) is 21.8. The Morgan fingerprint density at radius 2 is 0.946 bits per heavy atom. The standard InChI is InChI=1S/C34H53NO2/c1-2-3-4-5-6-7-8-9-10-11-12-13-14-15-16-17-18-19-23-26-34(36)37-33-29-27-32(28-30-33)35-31-24-21-20-22-25-31/h20-22,24-25,27-30,35H,2-19,23,26H2,1H3. The number of carbonyl (C=O) groups is 1. The first-order chi connectivity index (χ1) is 18.3. The number of carbonyl (C=O) groups excluding carboxylic acids is 1. The smallest absolute Gasteiger partial charge is 0.311 e. The summed E-state index contributed by atoms with van der Waals surface area (Å²) in [6, 6.07) is 17.6. The van der Waals surface area contributed by atoms with Crippen molar-refractivity contribution in [2.45, 2.75) is 135 Å². The van der Waals surface area contributed by atoms with Crippen molar-refractivity contribution in [3.05, 3.63) is 54.6 Å². The van der Waals surface area contributed by atoms with E-state index in [1.807, 2.05) is 54.6 Å². The van der Waals surface area contributed by atoms with Gasteiger partial charge in [0, 0.05) is 17.8 Å². The van der Waals surface area contributed by atoms with Crippen LogP contribution >= 0.6 is 0 Å². The van der Waals surface area contributed by atoms with Crippen molar-refractivity contribution < 1.29 is 9.53 Å². The van der Waals surface area contributed by atoms with Gasteiger partial charge in [0.05, 0.1) is 0 Å². The van der Waals surface area contributed by atoms with Crippen molar-refractivity contribution in [3.8, 4) is 5.75 Å². The van der Waals surface area contributed by atoms with E-state index in [4.69, 9.17) is 4.74 Å². The van der Waals surface area contributed by atoms with E-state index in [9.17, 15) is 4.79 Å². The highest BCUT2D eigenvalue weighted by atomic mass is 16.5. The Balaban J connectivity index is 1.33. The number of hydrogen-bond acceptors (Lipinski definition) is 3. The second-order valence-corrected chi connectivity index (χ2v) is 10.6. The first-order valence-corrected chi connectivity index (χ1v) is 15.4. The molecular formula is C34H53NO2. The fourth-order valence-electron chi connectivity index (χ4n) is 4.82. The Kier molecular flexibility index (Phi) is 18.2. The molecule has 3 heteroatoms. The van der Waals surface area contributed by atoms with Crippen molar-refractivity contribution >= 4 is 17.3 Å². The maximum absolute atomic E-state index is 12.1. The quantitative estimate of drug-likeness (QED) is 0.0923. The molecule has 0 bridgehead atoms. The van der Waals surface area contributed by atoms with Gasteiger partial charge in [0.15, 0.2) is 0 Å². The van der Waals surface area contributed by atoms with Crippen LogP contribution in [0, 0.1) is 0 Å². The Labute approximate surface area is 227 Å². The Bertz CT molecular complexity index is 787. The number of unbranched alkanes of at least 4 members (excludes halogenated alkanes) is 18. The van der Waals surface area contributed by atoms with Gasteiger partial charge in [-0.05, 0) is 42.8 Å². The van der Waals surface area contributed by atoms with Crippen LogP contribution in [0.5, 0.6) is 5.75 Å². The molecule has 2 aromatic carbocycles. The Hall–Kier alpha value is -2.29. The van der Waals surface area contributed by atoms with Crippen LogP contribution in [-0.2, 0) is 4.79 Å². The lowest BCUT2D eigenvalue weighted by atomic mass is 10.0. The van der Waals surface area contributed by atoms with E-state index in [1.54, 1.807) is 0 Å². The van der Waals surface area contributed by atoms with Crippen LogP contribution < -0.4 is 10.1 Å². The highest BCUT2D eigenvalue weighted by molar-refractivity contribution is 5.72. The molecule has 0 aliphatic rings. The van der Waals surface area contributed by atoms with Gasteiger partial charge in [0.1, 0.15) is 5.75 Å². The van der Waals surface area contributed by atoms with E-state index in [2.05, 4.69) is 12.2 Å². The number of hydrogen-bond donors (Lipinski definition) is 1. The van der Waals surface area contributed by atoms with E-state index >= 15 is 0 Å². The zero-order chi connectivity index (χ0) is 26.2. The normalized spacial score (nSPS) is 10.9. The third-order valence-corrected chi connectivity index (χ3v) is 7.13. The molecule has 0 aromatic heterocycles. The third-order valence-electron chi connectivity index (χ3n) is 7.13. The average molecular weight is 508 g/mol. The molecule has 0 amide bonds. The van der Waals surface area contributed by atoms with Crippen LogP contribution in [0.4, 0.5) is 11.4 Å². The number of ether oxygens (including phenoxy) is 1. The van der Waals surface area contributed by atoms with Crippen LogP contribution in [-0.4, -0.2) is 5.97 Å². The number of benzene rings is 2. The molecule has 2 aromatic rings. The van der Waals surface area contributed by atoms with Gasteiger partial charge in [0.25, 0.3) is 0 Å². The van der Waals surface area contributed by atoms with Gasteiger partial charge in [0.2, 0.25) is 0 Å². The monoisotopic (exact) mass is 507 g/mol. The molecule has 0 saturated heterocycles. The van der Waals surface area contributed by atoms with E-state index in [0.717, 1.165) is 24.2 Å². The van der Waals surface area contributed by atoms with Gasteiger partial charge < -0.3 is 10.1 Å². The molecule has 0 unspecified atom stereocenters. The lowest BCUT2D eigenvalue weighted by molar-refractivity contribution is -0.134. The predicted octanol–water partition coefficient (Wildman–Crippen LogP) is 11.2. The SMILES string of the molecule is CCCCCCCCCCCCCCCCCCCCCC(=O)Oc1ccc(Nc2ccccc2)cc1. The van der Waals surface area contributed by atoms with E-state index in [-0.39, 0.29) is 5.97 Å². The van der Waals surface area contributed by atoms with E-state index < -0.39 is 0 Å². The predicted molar refractivity (Wildman–Crippen MR) is 160 cm³/mol. The summed E-state index contributed by atoms with van der Waals surface area (Å²) in [4.78, 5) is 12.1.